The Kier molecular flexibility index (Phi) is 4.36. The van der Waals surface area contributed by atoms with Crippen LogP contribution in [0, 0.1) is 0 Å². The second-order valence-electron chi connectivity index (χ2n) is 6.35. The van der Waals surface area contributed by atoms with Gasteiger partial charge in [-0.2, -0.15) is 0 Å². The van der Waals surface area contributed by atoms with Crippen LogP contribution in [-0.2, 0) is 4.74 Å². The summed E-state index contributed by atoms with van der Waals surface area (Å²) in [6, 6.07) is 17.5. The van der Waals surface area contributed by atoms with Crippen molar-refractivity contribution in [2.75, 3.05) is 13.1 Å². The van der Waals surface area contributed by atoms with E-state index < -0.39 is 0 Å². The maximum absolute atomic E-state index is 12.9. The van der Waals surface area contributed by atoms with Gasteiger partial charge in [0.1, 0.15) is 11.7 Å². The number of benzene rings is 2. The Morgan fingerprint density at radius 1 is 1.12 bits per heavy atom. The van der Waals surface area contributed by atoms with Gasteiger partial charge >= 0.3 is 0 Å². The van der Waals surface area contributed by atoms with Crippen LogP contribution < -0.4 is 0 Å². The summed E-state index contributed by atoms with van der Waals surface area (Å²) in [6.45, 7) is 3.07. The SMILES string of the molecule is CC1CN(C(=O)c2cc3cc(Br)ccc3o2)CC(c2ccccc2)O1. The van der Waals surface area contributed by atoms with Gasteiger partial charge in [0, 0.05) is 16.4 Å². The first-order chi connectivity index (χ1) is 12.1. The van der Waals surface area contributed by atoms with Gasteiger partial charge in [0.15, 0.2) is 5.76 Å². The van der Waals surface area contributed by atoms with E-state index in [2.05, 4.69) is 15.9 Å². The van der Waals surface area contributed by atoms with E-state index in [-0.39, 0.29) is 18.1 Å². The van der Waals surface area contributed by atoms with Crippen molar-refractivity contribution in [3.8, 4) is 0 Å². The molecule has 2 unspecified atom stereocenters. The summed E-state index contributed by atoms with van der Waals surface area (Å²) < 4.78 is 12.8. The maximum Gasteiger partial charge on any atom is 0.289 e. The van der Waals surface area contributed by atoms with Gasteiger partial charge in [0.2, 0.25) is 0 Å². The largest absolute Gasteiger partial charge is 0.451 e. The number of furan rings is 1. The van der Waals surface area contributed by atoms with Crippen molar-refractivity contribution in [2.24, 2.45) is 0 Å². The summed E-state index contributed by atoms with van der Waals surface area (Å²) in [6.07, 6.45) is -0.145. The summed E-state index contributed by atoms with van der Waals surface area (Å²) in [5.41, 5.74) is 1.80. The molecule has 1 saturated heterocycles. The zero-order valence-electron chi connectivity index (χ0n) is 13.8. The monoisotopic (exact) mass is 399 g/mol. The van der Waals surface area contributed by atoms with Crippen LogP contribution in [0.4, 0.5) is 0 Å². The van der Waals surface area contributed by atoms with Crippen LogP contribution >= 0.6 is 15.9 Å². The molecule has 0 aliphatic carbocycles. The maximum atomic E-state index is 12.9. The summed E-state index contributed by atoms with van der Waals surface area (Å²) in [5, 5.41) is 0.915. The Morgan fingerprint density at radius 2 is 1.92 bits per heavy atom. The molecule has 0 spiro atoms. The Morgan fingerprint density at radius 3 is 2.72 bits per heavy atom. The number of ether oxygens (including phenoxy) is 1. The summed E-state index contributed by atoms with van der Waals surface area (Å²) >= 11 is 3.44. The Hall–Kier alpha value is -2.11. The second-order valence-corrected chi connectivity index (χ2v) is 7.26. The molecule has 4 rings (SSSR count). The molecule has 2 aromatic carbocycles. The first-order valence-corrected chi connectivity index (χ1v) is 9.08. The molecular weight excluding hydrogens is 382 g/mol. The highest BCUT2D eigenvalue weighted by Crippen LogP contribution is 2.28. The van der Waals surface area contributed by atoms with Crippen LogP contribution in [0.3, 0.4) is 0 Å². The molecule has 2 heterocycles. The highest BCUT2D eigenvalue weighted by atomic mass is 79.9. The minimum Gasteiger partial charge on any atom is -0.451 e. The van der Waals surface area contributed by atoms with Crippen LogP contribution in [0.1, 0.15) is 29.1 Å². The van der Waals surface area contributed by atoms with E-state index in [1.807, 2.05) is 60.4 Å². The van der Waals surface area contributed by atoms with E-state index in [1.54, 1.807) is 6.07 Å². The molecule has 3 aromatic rings. The average molecular weight is 400 g/mol. The lowest BCUT2D eigenvalue weighted by Crippen LogP contribution is -2.45. The van der Waals surface area contributed by atoms with Crippen molar-refractivity contribution in [3.63, 3.8) is 0 Å². The second kappa shape index (κ2) is 6.65. The standard InChI is InChI=1S/C20H18BrNO3/c1-13-11-22(12-19(24-13)14-5-3-2-4-6-14)20(23)18-10-15-9-16(21)7-8-17(15)25-18/h2-10,13,19H,11-12H2,1H3. The van der Waals surface area contributed by atoms with E-state index in [0.717, 1.165) is 15.4 Å². The van der Waals surface area contributed by atoms with Crippen molar-refractivity contribution in [1.29, 1.82) is 0 Å². The first-order valence-electron chi connectivity index (χ1n) is 8.29. The van der Waals surface area contributed by atoms with Crippen molar-refractivity contribution < 1.29 is 13.9 Å². The zero-order chi connectivity index (χ0) is 17.4. The van der Waals surface area contributed by atoms with Gasteiger partial charge in [-0.25, -0.2) is 0 Å². The third-order valence-corrected chi connectivity index (χ3v) is 4.90. The quantitative estimate of drug-likeness (QED) is 0.621. The molecule has 1 amide bonds. The third-order valence-electron chi connectivity index (χ3n) is 4.41. The fraction of sp³-hybridized carbons (Fsp3) is 0.250. The summed E-state index contributed by atoms with van der Waals surface area (Å²) in [7, 11) is 0. The van der Waals surface area contributed by atoms with Crippen LogP contribution in [0.15, 0.2) is 63.5 Å². The predicted molar refractivity (Wildman–Crippen MR) is 99.5 cm³/mol. The topological polar surface area (TPSA) is 42.7 Å². The van der Waals surface area contributed by atoms with Gasteiger partial charge in [0.05, 0.1) is 12.6 Å². The van der Waals surface area contributed by atoms with Gasteiger partial charge in [0.25, 0.3) is 5.91 Å². The Balaban J connectivity index is 1.59. The van der Waals surface area contributed by atoms with E-state index in [0.29, 0.717) is 24.4 Å². The van der Waals surface area contributed by atoms with Crippen LogP contribution in [-0.4, -0.2) is 30.0 Å². The molecule has 5 heteroatoms. The summed E-state index contributed by atoms with van der Waals surface area (Å²) in [5.74, 6) is 0.275. The van der Waals surface area contributed by atoms with Gasteiger partial charge in [-0.3, -0.25) is 4.79 Å². The third kappa shape index (κ3) is 3.34. The fourth-order valence-electron chi connectivity index (χ4n) is 3.24. The van der Waals surface area contributed by atoms with Crippen LogP contribution in [0.2, 0.25) is 0 Å². The van der Waals surface area contributed by atoms with Crippen LogP contribution in [0.5, 0.6) is 0 Å². The summed E-state index contributed by atoms with van der Waals surface area (Å²) in [4.78, 5) is 14.8. The van der Waals surface area contributed by atoms with E-state index in [4.69, 9.17) is 9.15 Å². The Bertz CT molecular complexity index is 906. The van der Waals surface area contributed by atoms with Gasteiger partial charge < -0.3 is 14.1 Å². The molecule has 0 radical (unpaired) electrons. The molecular formula is C20H18BrNO3. The smallest absolute Gasteiger partial charge is 0.289 e. The van der Waals surface area contributed by atoms with Crippen molar-refractivity contribution >= 4 is 32.8 Å². The molecule has 128 valence electrons. The van der Waals surface area contributed by atoms with Gasteiger partial charge in [-0.15, -0.1) is 0 Å². The highest BCUT2D eigenvalue weighted by Gasteiger charge is 2.31. The fourth-order valence-corrected chi connectivity index (χ4v) is 3.62. The lowest BCUT2D eigenvalue weighted by atomic mass is 10.1. The minimum absolute atomic E-state index is 0.0265. The number of fused-ring (bicyclic) bond motifs is 1. The molecule has 4 nitrogen and oxygen atoms in total. The number of hydrogen-bond acceptors (Lipinski definition) is 3. The number of rotatable bonds is 2. The van der Waals surface area contributed by atoms with Gasteiger partial charge in [-0.1, -0.05) is 46.3 Å². The molecule has 1 fully saturated rings. The number of carbonyl (C=O) groups is 1. The number of halogens is 1. The Labute approximate surface area is 154 Å². The molecule has 1 aliphatic rings. The molecule has 2 atom stereocenters. The van der Waals surface area contributed by atoms with E-state index >= 15 is 0 Å². The lowest BCUT2D eigenvalue weighted by molar-refractivity contribution is -0.0697. The van der Waals surface area contributed by atoms with E-state index in [9.17, 15) is 4.79 Å². The molecule has 0 N–H and O–H groups in total. The van der Waals surface area contributed by atoms with Crippen molar-refractivity contribution in [1.82, 2.24) is 4.90 Å². The van der Waals surface area contributed by atoms with Crippen LogP contribution in [0.25, 0.3) is 11.0 Å². The molecule has 0 bridgehead atoms. The number of carbonyl (C=O) groups excluding carboxylic acids is 1. The molecule has 25 heavy (non-hydrogen) atoms. The minimum atomic E-state index is -0.118. The number of nitrogens with zero attached hydrogens (tertiary/aromatic N) is 1. The first kappa shape index (κ1) is 16.4. The average Bonchev–Trinajstić information content (AvgIpc) is 3.04. The molecule has 1 aromatic heterocycles. The normalized spacial score (nSPS) is 20.8. The lowest BCUT2D eigenvalue weighted by Gasteiger charge is -2.36. The molecule has 0 saturated carbocycles. The zero-order valence-corrected chi connectivity index (χ0v) is 15.4. The highest BCUT2D eigenvalue weighted by molar-refractivity contribution is 9.10. The molecule has 1 aliphatic heterocycles. The van der Waals surface area contributed by atoms with E-state index in [1.165, 1.54) is 0 Å². The van der Waals surface area contributed by atoms with Crippen molar-refractivity contribution in [3.05, 3.63) is 70.4 Å². The van der Waals surface area contributed by atoms with Crippen molar-refractivity contribution in [2.45, 2.75) is 19.1 Å². The number of hydrogen-bond donors (Lipinski definition) is 0. The number of amides is 1. The van der Waals surface area contributed by atoms with Gasteiger partial charge in [-0.05, 0) is 36.8 Å². The number of morpholine rings is 1. The predicted octanol–water partition coefficient (Wildman–Crippen LogP) is 4.80.